The van der Waals surface area contributed by atoms with Crippen LogP contribution in [0, 0.1) is 0 Å². The summed E-state index contributed by atoms with van der Waals surface area (Å²) in [5.41, 5.74) is -0.202. The van der Waals surface area contributed by atoms with E-state index in [1.165, 1.54) is 18.2 Å². The predicted molar refractivity (Wildman–Crippen MR) is 67.6 cm³/mol. The maximum atomic E-state index is 12.1. The molecule has 1 saturated heterocycles. The van der Waals surface area contributed by atoms with Crippen LogP contribution >= 0.6 is 0 Å². The molecule has 0 bridgehead atoms. The van der Waals surface area contributed by atoms with E-state index in [2.05, 4.69) is 9.71 Å². The first-order valence-corrected chi connectivity index (χ1v) is 7.33. The zero-order valence-corrected chi connectivity index (χ0v) is 10.9. The number of nitrogens with one attached hydrogen (secondary N) is 1. The van der Waals surface area contributed by atoms with Gasteiger partial charge in [0.15, 0.2) is 5.69 Å². The van der Waals surface area contributed by atoms with Crippen molar-refractivity contribution in [2.75, 3.05) is 17.9 Å². The van der Waals surface area contributed by atoms with Gasteiger partial charge < -0.3 is 9.84 Å². The van der Waals surface area contributed by atoms with Gasteiger partial charge >= 0.3 is 5.97 Å². The molecule has 2 rings (SSSR count). The van der Waals surface area contributed by atoms with Gasteiger partial charge in [-0.15, -0.1) is 0 Å². The quantitative estimate of drug-likeness (QED) is 0.844. The molecule has 0 saturated carbocycles. The topological polar surface area (TPSA) is 106 Å². The lowest BCUT2D eigenvalue weighted by molar-refractivity contribution is 0.0690. The largest absolute Gasteiger partial charge is 0.477 e. The van der Waals surface area contributed by atoms with Crippen LogP contribution < -0.4 is 4.72 Å². The summed E-state index contributed by atoms with van der Waals surface area (Å²) in [5, 5.41) is 8.27. The zero-order chi connectivity index (χ0) is 13.9. The van der Waals surface area contributed by atoms with Gasteiger partial charge in [-0.3, -0.25) is 4.72 Å². The lowest BCUT2D eigenvalue weighted by atomic mass is 10.2. The Bertz CT molecular complexity index is 566. The number of sulfonamides is 1. The summed E-state index contributed by atoms with van der Waals surface area (Å²) in [4.78, 5) is 14.5. The first kappa shape index (κ1) is 13.8. The van der Waals surface area contributed by atoms with Crippen LogP contribution in [-0.4, -0.2) is 42.9 Å². The van der Waals surface area contributed by atoms with E-state index in [0.717, 1.165) is 0 Å². The molecule has 1 aromatic rings. The second-order valence-corrected chi connectivity index (χ2v) is 6.13. The molecule has 1 aromatic heterocycles. The predicted octanol–water partition coefficient (Wildman–Crippen LogP) is 0.700. The monoisotopic (exact) mass is 286 g/mol. The highest BCUT2D eigenvalue weighted by molar-refractivity contribution is 7.93. The molecular weight excluding hydrogens is 272 g/mol. The van der Waals surface area contributed by atoms with Crippen molar-refractivity contribution in [2.24, 2.45) is 0 Å². The van der Waals surface area contributed by atoms with E-state index in [1.807, 2.05) is 0 Å². The van der Waals surface area contributed by atoms with Crippen LogP contribution in [0.1, 0.15) is 23.3 Å². The highest BCUT2D eigenvalue weighted by atomic mass is 32.2. The fraction of sp³-hybridized carbons (Fsp3) is 0.455. The number of carbonyl (C=O) groups is 1. The third-order valence-corrected chi connectivity index (χ3v) is 4.66. The van der Waals surface area contributed by atoms with Gasteiger partial charge in [0.2, 0.25) is 10.0 Å². The summed E-state index contributed by atoms with van der Waals surface area (Å²) in [6, 6.07) is 4.16. The number of aromatic nitrogens is 1. The normalized spacial score (nSPS) is 17.1. The van der Waals surface area contributed by atoms with Crippen molar-refractivity contribution >= 4 is 21.8 Å². The van der Waals surface area contributed by atoms with E-state index >= 15 is 0 Å². The summed E-state index contributed by atoms with van der Waals surface area (Å²) in [6.07, 6.45) is 0.849. The maximum absolute atomic E-state index is 12.1. The fourth-order valence-electron chi connectivity index (χ4n) is 1.83. The van der Waals surface area contributed by atoms with Crippen molar-refractivity contribution in [3.05, 3.63) is 23.9 Å². The molecule has 104 valence electrons. The van der Waals surface area contributed by atoms with Gasteiger partial charge in [0.1, 0.15) is 5.82 Å². The number of pyridine rings is 1. The second kappa shape index (κ2) is 5.54. The van der Waals surface area contributed by atoms with E-state index in [-0.39, 0.29) is 11.5 Å². The highest BCUT2D eigenvalue weighted by Crippen LogP contribution is 2.18. The number of hydrogen-bond acceptors (Lipinski definition) is 5. The van der Waals surface area contributed by atoms with E-state index in [0.29, 0.717) is 26.1 Å². The lowest BCUT2D eigenvalue weighted by Crippen LogP contribution is -2.33. The van der Waals surface area contributed by atoms with Crippen molar-refractivity contribution in [2.45, 2.75) is 18.1 Å². The van der Waals surface area contributed by atoms with Crippen LogP contribution in [-0.2, 0) is 14.8 Å². The van der Waals surface area contributed by atoms with Crippen LogP contribution in [0.5, 0.6) is 0 Å². The molecule has 1 fully saturated rings. The Kier molecular flexibility index (Phi) is 4.01. The van der Waals surface area contributed by atoms with Crippen LogP contribution in [0.3, 0.4) is 0 Å². The van der Waals surface area contributed by atoms with Crippen molar-refractivity contribution in [1.82, 2.24) is 4.98 Å². The van der Waals surface area contributed by atoms with E-state index < -0.39 is 21.2 Å². The van der Waals surface area contributed by atoms with Crippen LogP contribution in [0.2, 0.25) is 0 Å². The minimum atomic E-state index is -3.56. The number of carboxylic acid groups (broad SMARTS) is 1. The maximum Gasteiger partial charge on any atom is 0.354 e. The fourth-order valence-corrected chi connectivity index (χ4v) is 3.21. The minimum Gasteiger partial charge on any atom is -0.477 e. The number of anilines is 1. The smallest absolute Gasteiger partial charge is 0.354 e. The van der Waals surface area contributed by atoms with Gasteiger partial charge in [0.05, 0.1) is 5.25 Å². The SMILES string of the molecule is O=C(O)c1cccc(NS(=O)(=O)C2CCOCC2)n1. The van der Waals surface area contributed by atoms with Gasteiger partial charge in [-0.1, -0.05) is 6.07 Å². The van der Waals surface area contributed by atoms with Gasteiger partial charge in [0.25, 0.3) is 0 Å². The number of carboxylic acids is 1. The van der Waals surface area contributed by atoms with Gasteiger partial charge in [-0.25, -0.2) is 18.2 Å². The molecule has 19 heavy (non-hydrogen) atoms. The molecule has 8 heteroatoms. The average molecular weight is 286 g/mol. The molecule has 1 aliphatic heterocycles. The van der Waals surface area contributed by atoms with Gasteiger partial charge in [-0.2, -0.15) is 0 Å². The van der Waals surface area contributed by atoms with Crippen molar-refractivity contribution in [3.63, 3.8) is 0 Å². The summed E-state index contributed by atoms with van der Waals surface area (Å²) in [6.45, 7) is 0.822. The molecule has 1 aliphatic rings. The van der Waals surface area contributed by atoms with E-state index in [1.54, 1.807) is 0 Å². The van der Waals surface area contributed by atoms with Crippen LogP contribution in [0.4, 0.5) is 5.82 Å². The molecule has 0 spiro atoms. The van der Waals surface area contributed by atoms with Crippen molar-refractivity contribution < 1.29 is 23.1 Å². The number of nitrogens with zero attached hydrogens (tertiary/aromatic N) is 1. The standard InChI is InChI=1S/C11H14N2O5S/c14-11(15)9-2-1-3-10(12-9)13-19(16,17)8-4-6-18-7-5-8/h1-3,8H,4-7H2,(H,12,13)(H,14,15). The van der Waals surface area contributed by atoms with Crippen LogP contribution in [0.25, 0.3) is 0 Å². The van der Waals surface area contributed by atoms with E-state index in [9.17, 15) is 13.2 Å². The van der Waals surface area contributed by atoms with Gasteiger partial charge in [0, 0.05) is 13.2 Å². The molecular formula is C11H14N2O5S. The molecule has 2 N–H and O–H groups in total. The van der Waals surface area contributed by atoms with Gasteiger partial charge in [-0.05, 0) is 25.0 Å². The van der Waals surface area contributed by atoms with Crippen molar-refractivity contribution in [1.29, 1.82) is 0 Å². The molecule has 0 atom stereocenters. The molecule has 0 aliphatic carbocycles. The molecule has 0 unspecified atom stereocenters. The number of hydrogen-bond donors (Lipinski definition) is 2. The highest BCUT2D eigenvalue weighted by Gasteiger charge is 2.28. The Balaban J connectivity index is 2.15. The third kappa shape index (κ3) is 3.42. The summed E-state index contributed by atoms with van der Waals surface area (Å²) in [7, 11) is -3.56. The van der Waals surface area contributed by atoms with E-state index in [4.69, 9.17) is 9.84 Å². The average Bonchev–Trinajstić information content (AvgIpc) is 2.39. The second-order valence-electron chi connectivity index (χ2n) is 4.17. The summed E-state index contributed by atoms with van der Waals surface area (Å²) >= 11 is 0. The minimum absolute atomic E-state index is 0.0198. The van der Waals surface area contributed by atoms with Crippen LogP contribution in [0.15, 0.2) is 18.2 Å². The Morgan fingerprint density at radius 1 is 1.37 bits per heavy atom. The zero-order valence-electron chi connectivity index (χ0n) is 10.1. The Hall–Kier alpha value is -1.67. The number of ether oxygens (including phenoxy) is 1. The molecule has 7 nitrogen and oxygen atoms in total. The number of rotatable bonds is 4. The lowest BCUT2D eigenvalue weighted by Gasteiger charge is -2.22. The Labute approximate surface area is 110 Å². The summed E-state index contributed by atoms with van der Waals surface area (Å²) < 4.78 is 31.6. The first-order chi connectivity index (χ1) is 8.99. The van der Waals surface area contributed by atoms with Crippen molar-refractivity contribution in [3.8, 4) is 0 Å². The molecule has 0 radical (unpaired) electrons. The summed E-state index contributed by atoms with van der Waals surface area (Å²) in [5.74, 6) is -1.18. The Morgan fingerprint density at radius 3 is 2.68 bits per heavy atom. The Morgan fingerprint density at radius 2 is 2.05 bits per heavy atom. The molecule has 0 amide bonds. The number of aromatic carboxylic acids is 1. The molecule has 0 aromatic carbocycles. The first-order valence-electron chi connectivity index (χ1n) is 5.79. The third-order valence-electron chi connectivity index (χ3n) is 2.82. The molecule has 2 heterocycles.